The number of carbonyl (C=O) groups excluding carboxylic acids is 1. The van der Waals surface area contributed by atoms with Gasteiger partial charge in [-0.15, -0.1) is 0 Å². The van der Waals surface area contributed by atoms with E-state index in [-0.39, 0.29) is 11.7 Å². The van der Waals surface area contributed by atoms with Crippen LogP contribution in [0.4, 0.5) is 5.69 Å². The Kier molecular flexibility index (Phi) is 2.86. The monoisotopic (exact) mass is 233 g/mol. The van der Waals surface area contributed by atoms with Gasteiger partial charge in [0.05, 0.1) is 10.6 Å². The normalized spacial score (nSPS) is 18.4. The van der Waals surface area contributed by atoms with Crippen LogP contribution in [0.15, 0.2) is 23.3 Å². The van der Waals surface area contributed by atoms with E-state index in [0.717, 1.165) is 17.6 Å². The van der Waals surface area contributed by atoms with E-state index in [9.17, 15) is 14.9 Å². The Morgan fingerprint density at radius 3 is 2.88 bits per heavy atom. The fraction of sp³-hybridized carbons (Fsp3) is 0.273. The van der Waals surface area contributed by atoms with Gasteiger partial charge in [-0.25, -0.2) is 0 Å². The van der Waals surface area contributed by atoms with E-state index in [2.05, 4.69) is 10.5 Å². The molecule has 6 heteroatoms. The lowest BCUT2D eigenvalue weighted by molar-refractivity contribution is -0.385. The van der Waals surface area contributed by atoms with E-state index < -0.39 is 4.92 Å². The number of aryl methyl sites for hydroxylation is 1. The summed E-state index contributed by atoms with van der Waals surface area (Å²) < 4.78 is 0. The number of rotatable bonds is 3. The fourth-order valence-electron chi connectivity index (χ4n) is 1.76. The molecule has 0 fully saturated rings. The molecule has 1 N–H and O–H groups in total. The lowest BCUT2D eigenvalue weighted by Crippen LogP contribution is -2.20. The summed E-state index contributed by atoms with van der Waals surface area (Å²) in [4.78, 5) is 20.8. The number of nitro groups is 1. The second-order valence-corrected chi connectivity index (χ2v) is 3.89. The van der Waals surface area contributed by atoms with Crippen molar-refractivity contribution in [3.8, 4) is 0 Å². The Morgan fingerprint density at radius 1 is 1.59 bits per heavy atom. The predicted molar refractivity (Wildman–Crippen MR) is 62.0 cm³/mol. The zero-order chi connectivity index (χ0) is 12.4. The molecule has 17 heavy (non-hydrogen) atoms. The molecule has 0 aromatic heterocycles. The third-order valence-corrected chi connectivity index (χ3v) is 2.67. The van der Waals surface area contributed by atoms with Crippen molar-refractivity contribution in [3.05, 3.63) is 39.4 Å². The Morgan fingerprint density at radius 2 is 2.35 bits per heavy atom. The van der Waals surface area contributed by atoms with Gasteiger partial charge in [0.2, 0.25) is 0 Å². The van der Waals surface area contributed by atoms with Crippen molar-refractivity contribution < 1.29 is 9.72 Å². The highest BCUT2D eigenvalue weighted by molar-refractivity contribution is 6.03. The second kappa shape index (κ2) is 4.32. The van der Waals surface area contributed by atoms with Crippen molar-refractivity contribution in [1.29, 1.82) is 0 Å². The minimum Gasteiger partial charge on any atom is -0.301 e. The average Bonchev–Trinajstić information content (AvgIpc) is 2.76. The highest BCUT2D eigenvalue weighted by Crippen LogP contribution is 2.21. The van der Waals surface area contributed by atoms with Gasteiger partial charge in [-0.2, -0.15) is 5.10 Å². The van der Waals surface area contributed by atoms with Gasteiger partial charge < -0.3 is 4.79 Å². The summed E-state index contributed by atoms with van der Waals surface area (Å²) in [6.07, 6.45) is 1.31. The molecule has 0 bridgehead atoms. The van der Waals surface area contributed by atoms with Gasteiger partial charge in [0, 0.05) is 18.1 Å². The maximum atomic E-state index is 10.7. The number of hydrogen-bond donors (Lipinski definition) is 1. The van der Waals surface area contributed by atoms with E-state index in [4.69, 9.17) is 0 Å². The Labute approximate surface area is 97.5 Å². The first kappa shape index (κ1) is 11.3. The van der Waals surface area contributed by atoms with Gasteiger partial charge in [-0.3, -0.25) is 15.5 Å². The molecule has 1 heterocycles. The van der Waals surface area contributed by atoms with Crippen LogP contribution >= 0.6 is 0 Å². The summed E-state index contributed by atoms with van der Waals surface area (Å²) in [6, 6.07) is 4.53. The number of benzene rings is 1. The van der Waals surface area contributed by atoms with Crippen LogP contribution in [0.2, 0.25) is 0 Å². The van der Waals surface area contributed by atoms with Crippen molar-refractivity contribution in [2.45, 2.75) is 19.4 Å². The first-order chi connectivity index (χ1) is 8.11. The molecular weight excluding hydrogens is 222 g/mol. The highest BCUT2D eigenvalue weighted by Gasteiger charge is 2.20. The van der Waals surface area contributed by atoms with Crippen LogP contribution in [0.25, 0.3) is 0 Å². The Hall–Kier alpha value is -2.24. The maximum absolute atomic E-state index is 10.7. The fourth-order valence-corrected chi connectivity index (χ4v) is 1.76. The summed E-state index contributed by atoms with van der Waals surface area (Å²) >= 11 is 0. The lowest BCUT2D eigenvalue weighted by Gasteiger charge is -2.02. The van der Waals surface area contributed by atoms with Crippen molar-refractivity contribution >= 4 is 17.7 Å². The van der Waals surface area contributed by atoms with Gasteiger partial charge >= 0.3 is 0 Å². The lowest BCUT2D eigenvalue weighted by atomic mass is 10.0. The number of nitrogens with one attached hydrogen (secondary N) is 1. The van der Waals surface area contributed by atoms with Gasteiger partial charge in [-0.1, -0.05) is 0 Å². The molecular formula is C11H11N3O3. The van der Waals surface area contributed by atoms with Crippen molar-refractivity contribution in [2.75, 3.05) is 0 Å². The number of aldehydes is 1. The topological polar surface area (TPSA) is 84.6 Å². The van der Waals surface area contributed by atoms with Crippen molar-refractivity contribution in [2.24, 2.45) is 5.10 Å². The highest BCUT2D eigenvalue weighted by atomic mass is 16.6. The molecule has 0 spiro atoms. The third kappa shape index (κ3) is 2.15. The van der Waals surface area contributed by atoms with Gasteiger partial charge in [0.25, 0.3) is 5.69 Å². The minimum absolute atomic E-state index is 0.0900. The molecule has 1 unspecified atom stereocenters. The molecule has 1 aliphatic rings. The molecule has 0 aliphatic carbocycles. The van der Waals surface area contributed by atoms with Crippen LogP contribution < -0.4 is 5.43 Å². The van der Waals surface area contributed by atoms with Crippen molar-refractivity contribution in [3.63, 3.8) is 0 Å². The average molecular weight is 233 g/mol. The van der Waals surface area contributed by atoms with Crippen molar-refractivity contribution in [1.82, 2.24) is 5.43 Å². The first-order valence-corrected chi connectivity index (χ1v) is 5.14. The van der Waals surface area contributed by atoms with Crippen LogP contribution in [0.5, 0.6) is 0 Å². The Bertz CT molecular complexity index is 511. The van der Waals surface area contributed by atoms with E-state index in [1.165, 1.54) is 6.07 Å². The molecule has 0 amide bonds. The maximum Gasteiger partial charge on any atom is 0.272 e. The van der Waals surface area contributed by atoms with Gasteiger partial charge in [-0.05, 0) is 24.6 Å². The summed E-state index contributed by atoms with van der Waals surface area (Å²) in [5.41, 5.74) is 4.94. The molecule has 0 saturated heterocycles. The van der Waals surface area contributed by atoms with Crippen LogP contribution in [-0.4, -0.2) is 23.0 Å². The number of nitrogens with zero attached hydrogens (tertiary/aromatic N) is 2. The number of hydrogen-bond acceptors (Lipinski definition) is 5. The molecule has 1 aliphatic heterocycles. The van der Waals surface area contributed by atoms with Crippen LogP contribution in [0.3, 0.4) is 0 Å². The van der Waals surface area contributed by atoms with E-state index in [0.29, 0.717) is 12.0 Å². The Balaban J connectivity index is 2.27. The smallest absolute Gasteiger partial charge is 0.272 e. The van der Waals surface area contributed by atoms with E-state index in [1.807, 2.05) is 0 Å². The molecule has 6 nitrogen and oxygen atoms in total. The number of hydrazone groups is 1. The SMILES string of the molecule is Cc1cc(C2=NNC(C=O)C2)ccc1[N+](=O)[O-]. The van der Waals surface area contributed by atoms with Crippen LogP contribution in [-0.2, 0) is 4.79 Å². The second-order valence-electron chi connectivity index (χ2n) is 3.89. The first-order valence-electron chi connectivity index (χ1n) is 5.14. The quantitative estimate of drug-likeness (QED) is 0.482. The van der Waals surface area contributed by atoms with Crippen LogP contribution in [0, 0.1) is 17.0 Å². The van der Waals surface area contributed by atoms with Gasteiger partial charge in [0.15, 0.2) is 0 Å². The van der Waals surface area contributed by atoms with E-state index in [1.54, 1.807) is 19.1 Å². The molecule has 2 rings (SSSR count). The summed E-state index contributed by atoms with van der Waals surface area (Å²) in [6.45, 7) is 1.68. The molecule has 88 valence electrons. The van der Waals surface area contributed by atoms with E-state index >= 15 is 0 Å². The molecule has 0 radical (unpaired) electrons. The molecule has 1 aromatic carbocycles. The van der Waals surface area contributed by atoms with Crippen LogP contribution in [0.1, 0.15) is 17.5 Å². The number of carbonyl (C=O) groups is 1. The number of nitro benzene ring substituents is 1. The predicted octanol–water partition coefficient (Wildman–Crippen LogP) is 1.17. The summed E-state index contributed by atoms with van der Waals surface area (Å²) in [5.74, 6) is 0. The van der Waals surface area contributed by atoms with Gasteiger partial charge in [0.1, 0.15) is 12.3 Å². The third-order valence-electron chi connectivity index (χ3n) is 2.67. The molecule has 0 saturated carbocycles. The zero-order valence-electron chi connectivity index (χ0n) is 9.21. The molecule has 1 atom stereocenters. The summed E-state index contributed by atoms with van der Waals surface area (Å²) in [5, 5.41) is 14.7. The largest absolute Gasteiger partial charge is 0.301 e. The molecule has 1 aromatic rings. The summed E-state index contributed by atoms with van der Waals surface area (Å²) in [7, 11) is 0. The standard InChI is InChI=1S/C11H11N3O3/c1-7-4-8(2-3-11(7)14(16)17)10-5-9(6-15)12-13-10/h2-4,6,9,12H,5H2,1H3. The minimum atomic E-state index is -0.415. The zero-order valence-corrected chi connectivity index (χ0v) is 9.21.